The average Bonchev–Trinajstić information content (AvgIpc) is 3.01. The van der Waals surface area contributed by atoms with Crippen LogP contribution in [0, 0.1) is 6.92 Å². The maximum absolute atomic E-state index is 5.49. The highest BCUT2D eigenvalue weighted by molar-refractivity contribution is 7.11. The Morgan fingerprint density at radius 2 is 2.04 bits per heavy atom. The number of ether oxygens (including phenoxy) is 1. The lowest BCUT2D eigenvalue weighted by Crippen LogP contribution is -2.38. The molecule has 0 aliphatic rings. The Morgan fingerprint density at radius 3 is 2.64 bits per heavy atom. The van der Waals surface area contributed by atoms with Crippen LogP contribution in [0.2, 0.25) is 0 Å². The number of hydrogen-bond donors (Lipinski definition) is 1. The van der Waals surface area contributed by atoms with Crippen molar-refractivity contribution in [1.29, 1.82) is 0 Å². The second-order valence-electron chi connectivity index (χ2n) is 5.78. The Balaban J connectivity index is 1.93. The van der Waals surface area contributed by atoms with E-state index in [-0.39, 0.29) is 0 Å². The topological polar surface area (TPSA) is 49.8 Å². The molecular formula is C19H28N4OS. The molecule has 0 unspecified atom stereocenters. The zero-order chi connectivity index (χ0) is 18.1. The van der Waals surface area contributed by atoms with Gasteiger partial charge in [0, 0.05) is 44.2 Å². The molecule has 25 heavy (non-hydrogen) atoms. The number of aliphatic imine (C=N–C) groups is 1. The van der Waals surface area contributed by atoms with Crippen LogP contribution in [0.15, 0.2) is 35.5 Å². The van der Waals surface area contributed by atoms with Crippen LogP contribution in [0.5, 0.6) is 5.75 Å². The minimum absolute atomic E-state index is 0.690. The Kier molecular flexibility index (Phi) is 7.73. The molecule has 2 aromatic rings. The largest absolute Gasteiger partial charge is 0.494 e. The second-order valence-corrected chi connectivity index (χ2v) is 7.10. The van der Waals surface area contributed by atoms with Crippen molar-refractivity contribution in [3.8, 4) is 5.75 Å². The molecule has 0 aliphatic carbocycles. The predicted octanol–water partition coefficient (Wildman–Crippen LogP) is 3.49. The number of nitrogens with zero attached hydrogens (tertiary/aromatic N) is 3. The molecule has 0 atom stereocenters. The molecule has 1 N–H and O–H groups in total. The molecule has 1 aromatic heterocycles. The predicted molar refractivity (Wildman–Crippen MR) is 106 cm³/mol. The summed E-state index contributed by atoms with van der Waals surface area (Å²) < 4.78 is 5.49. The van der Waals surface area contributed by atoms with Crippen LogP contribution in [0.3, 0.4) is 0 Å². The summed E-state index contributed by atoms with van der Waals surface area (Å²) in [4.78, 5) is 12.5. The first-order valence-corrected chi connectivity index (χ1v) is 9.56. The normalized spacial score (nSPS) is 11.4. The molecule has 136 valence electrons. The Morgan fingerprint density at radius 1 is 1.28 bits per heavy atom. The van der Waals surface area contributed by atoms with Crippen molar-refractivity contribution in [2.45, 2.75) is 33.7 Å². The third kappa shape index (κ3) is 6.38. The van der Waals surface area contributed by atoms with Gasteiger partial charge in [0.1, 0.15) is 5.75 Å². The van der Waals surface area contributed by atoms with Gasteiger partial charge in [0.15, 0.2) is 5.96 Å². The van der Waals surface area contributed by atoms with Crippen LogP contribution < -0.4 is 10.1 Å². The first-order chi connectivity index (χ1) is 12.1. The van der Waals surface area contributed by atoms with Crippen LogP contribution in [0.4, 0.5) is 0 Å². The van der Waals surface area contributed by atoms with Gasteiger partial charge in [-0.3, -0.25) is 4.99 Å². The molecule has 1 heterocycles. The number of aromatic nitrogens is 1. The fourth-order valence-corrected chi connectivity index (χ4v) is 3.23. The molecule has 6 heteroatoms. The zero-order valence-electron chi connectivity index (χ0n) is 15.6. The molecule has 0 spiro atoms. The van der Waals surface area contributed by atoms with Crippen molar-refractivity contribution < 1.29 is 4.74 Å². The molecule has 0 fully saturated rings. The van der Waals surface area contributed by atoms with Gasteiger partial charge in [-0.2, -0.15) is 0 Å². The minimum Gasteiger partial charge on any atom is -0.494 e. The van der Waals surface area contributed by atoms with Gasteiger partial charge < -0.3 is 15.0 Å². The van der Waals surface area contributed by atoms with Crippen LogP contribution >= 0.6 is 11.3 Å². The van der Waals surface area contributed by atoms with E-state index in [1.807, 2.05) is 25.3 Å². The third-order valence-electron chi connectivity index (χ3n) is 3.61. The maximum Gasteiger partial charge on any atom is 0.193 e. The lowest BCUT2D eigenvalue weighted by Gasteiger charge is -2.22. The number of benzene rings is 1. The van der Waals surface area contributed by atoms with E-state index in [1.165, 1.54) is 10.4 Å². The van der Waals surface area contributed by atoms with E-state index < -0.39 is 0 Å². The average molecular weight is 361 g/mol. The lowest BCUT2D eigenvalue weighted by molar-refractivity contribution is 0.340. The van der Waals surface area contributed by atoms with E-state index >= 15 is 0 Å². The highest BCUT2D eigenvalue weighted by Crippen LogP contribution is 2.14. The van der Waals surface area contributed by atoms with Gasteiger partial charge in [-0.25, -0.2) is 4.98 Å². The standard InChI is InChI=1S/C19H28N4OS/c1-5-20-19(21-12-11-18-22-13-15(3)25-18)23(4)14-16-7-9-17(10-8-16)24-6-2/h7-10,13H,5-6,11-12,14H2,1-4H3,(H,20,21). The molecule has 5 nitrogen and oxygen atoms in total. The number of guanidine groups is 1. The van der Waals surface area contributed by atoms with E-state index in [4.69, 9.17) is 9.73 Å². The number of rotatable bonds is 8. The van der Waals surface area contributed by atoms with Crippen molar-refractivity contribution in [3.63, 3.8) is 0 Å². The van der Waals surface area contributed by atoms with E-state index in [0.29, 0.717) is 6.61 Å². The molecule has 0 aliphatic heterocycles. The minimum atomic E-state index is 0.690. The molecule has 1 aromatic carbocycles. The first-order valence-electron chi connectivity index (χ1n) is 8.74. The Bertz CT molecular complexity index is 666. The summed E-state index contributed by atoms with van der Waals surface area (Å²) in [5.41, 5.74) is 1.23. The van der Waals surface area contributed by atoms with Crippen LogP contribution in [-0.2, 0) is 13.0 Å². The number of thiazole rings is 1. The van der Waals surface area contributed by atoms with Crippen molar-refractivity contribution in [2.24, 2.45) is 4.99 Å². The maximum atomic E-state index is 5.49. The molecule has 0 saturated heterocycles. The third-order valence-corrected chi connectivity index (χ3v) is 4.58. The monoisotopic (exact) mass is 360 g/mol. The highest BCUT2D eigenvalue weighted by atomic mass is 32.1. The van der Waals surface area contributed by atoms with Gasteiger partial charge in [-0.05, 0) is 38.5 Å². The van der Waals surface area contributed by atoms with Crippen molar-refractivity contribution in [2.75, 3.05) is 26.7 Å². The number of hydrogen-bond acceptors (Lipinski definition) is 4. The summed E-state index contributed by atoms with van der Waals surface area (Å²) >= 11 is 1.74. The fraction of sp³-hybridized carbons (Fsp3) is 0.474. The van der Waals surface area contributed by atoms with Gasteiger partial charge in [0.05, 0.1) is 11.6 Å². The first kappa shape index (κ1) is 19.2. The quantitative estimate of drug-likeness (QED) is 0.578. The number of aryl methyl sites for hydroxylation is 1. The molecule has 0 radical (unpaired) electrons. The Hall–Kier alpha value is -2.08. The van der Waals surface area contributed by atoms with Crippen molar-refractivity contribution in [3.05, 3.63) is 45.9 Å². The Labute approximate surface area is 154 Å². The summed E-state index contributed by atoms with van der Waals surface area (Å²) in [7, 11) is 2.06. The number of nitrogens with one attached hydrogen (secondary N) is 1. The van der Waals surface area contributed by atoms with Crippen LogP contribution in [0.1, 0.15) is 29.3 Å². The summed E-state index contributed by atoms with van der Waals surface area (Å²) in [6, 6.07) is 8.23. The van der Waals surface area contributed by atoms with Gasteiger partial charge in [-0.1, -0.05) is 12.1 Å². The second kappa shape index (κ2) is 10.0. The SMILES string of the molecule is CCNC(=NCCc1ncc(C)s1)N(C)Cc1ccc(OCC)cc1. The van der Waals surface area contributed by atoms with Crippen LogP contribution in [0.25, 0.3) is 0 Å². The van der Waals surface area contributed by atoms with Crippen molar-refractivity contribution >= 4 is 17.3 Å². The van der Waals surface area contributed by atoms with Crippen molar-refractivity contribution in [1.82, 2.24) is 15.2 Å². The van der Waals surface area contributed by atoms with E-state index in [0.717, 1.165) is 42.8 Å². The molecule has 2 rings (SSSR count). The summed E-state index contributed by atoms with van der Waals surface area (Å²) in [5, 5.41) is 4.50. The molecule has 0 amide bonds. The van der Waals surface area contributed by atoms with E-state index in [2.05, 4.69) is 48.2 Å². The zero-order valence-corrected chi connectivity index (χ0v) is 16.4. The van der Waals surface area contributed by atoms with Gasteiger partial charge >= 0.3 is 0 Å². The lowest BCUT2D eigenvalue weighted by atomic mass is 10.2. The van der Waals surface area contributed by atoms with Gasteiger partial charge in [0.2, 0.25) is 0 Å². The highest BCUT2D eigenvalue weighted by Gasteiger charge is 2.07. The van der Waals surface area contributed by atoms with Gasteiger partial charge in [0.25, 0.3) is 0 Å². The summed E-state index contributed by atoms with van der Waals surface area (Å²) in [6.07, 6.45) is 2.80. The molecule has 0 saturated carbocycles. The summed E-state index contributed by atoms with van der Waals surface area (Å²) in [6.45, 7) is 9.24. The van der Waals surface area contributed by atoms with Crippen LogP contribution in [-0.4, -0.2) is 42.6 Å². The van der Waals surface area contributed by atoms with E-state index in [9.17, 15) is 0 Å². The molecular weight excluding hydrogens is 332 g/mol. The van der Waals surface area contributed by atoms with E-state index in [1.54, 1.807) is 11.3 Å². The fourth-order valence-electron chi connectivity index (χ4n) is 2.45. The molecule has 0 bridgehead atoms. The smallest absolute Gasteiger partial charge is 0.193 e. The summed E-state index contributed by atoms with van der Waals surface area (Å²) in [5.74, 6) is 1.83. The van der Waals surface area contributed by atoms with Gasteiger partial charge in [-0.15, -0.1) is 11.3 Å².